The monoisotopic (exact) mass is 209 g/mol. The average Bonchev–Trinajstić information content (AvgIpc) is 2.03. The van der Waals surface area contributed by atoms with Gasteiger partial charge in [0.1, 0.15) is 5.25 Å². The molecule has 1 aliphatic rings. The number of hydrogen-bond acceptors (Lipinski definition) is 4. The Balaban J connectivity index is 2.81. The molecule has 0 unspecified atom stereocenters. The van der Waals surface area contributed by atoms with Crippen molar-refractivity contribution in [2.24, 2.45) is 5.92 Å². The maximum atomic E-state index is 10.9. The Labute approximate surface area is 75.5 Å². The van der Waals surface area contributed by atoms with Gasteiger partial charge in [0.2, 0.25) is 9.05 Å². The van der Waals surface area contributed by atoms with Crippen molar-refractivity contribution >= 4 is 19.7 Å². The van der Waals surface area contributed by atoms with Gasteiger partial charge in [0.05, 0.1) is 18.6 Å². The van der Waals surface area contributed by atoms with E-state index in [0.717, 1.165) is 0 Å². The zero-order chi connectivity index (χ0) is 9.19. The van der Waals surface area contributed by atoms with Crippen LogP contribution in [0.3, 0.4) is 0 Å². The van der Waals surface area contributed by atoms with Gasteiger partial charge >= 0.3 is 0 Å². The molecule has 2 atom stereocenters. The summed E-state index contributed by atoms with van der Waals surface area (Å²) in [6.07, 6.45) is 0.438. The molecule has 12 heavy (non-hydrogen) atoms. The van der Waals surface area contributed by atoms with Crippen molar-refractivity contribution < 1.29 is 13.2 Å². The Morgan fingerprint density at radius 2 is 2.25 bits per heavy atom. The number of rotatable bonds is 1. The molecule has 0 radical (unpaired) electrons. The van der Waals surface area contributed by atoms with Crippen molar-refractivity contribution in [2.75, 3.05) is 13.2 Å². The van der Waals surface area contributed by atoms with Crippen LogP contribution in [0.15, 0.2) is 0 Å². The molecule has 6 heteroatoms. The van der Waals surface area contributed by atoms with Crippen molar-refractivity contribution in [3.63, 3.8) is 0 Å². The Morgan fingerprint density at radius 1 is 1.58 bits per heavy atom. The molecule has 0 amide bonds. The lowest BCUT2D eigenvalue weighted by molar-refractivity contribution is 0.0835. The van der Waals surface area contributed by atoms with Crippen LogP contribution in [0.1, 0.15) is 6.42 Å². The van der Waals surface area contributed by atoms with E-state index in [4.69, 9.17) is 20.7 Å². The predicted molar refractivity (Wildman–Crippen MR) is 43.1 cm³/mol. The van der Waals surface area contributed by atoms with E-state index in [0.29, 0.717) is 13.0 Å². The van der Waals surface area contributed by atoms with Gasteiger partial charge in [-0.05, 0) is 6.42 Å². The average molecular weight is 210 g/mol. The molecule has 4 nitrogen and oxygen atoms in total. The van der Waals surface area contributed by atoms with Crippen LogP contribution in [0.2, 0.25) is 0 Å². The standard InChI is InChI=1S/C6H8ClNO3S/c7-12(9,10)6-4-11-2-1-5(6)3-8/h5-6H,1-2,4H2/t5-,6-/m1/s1. The summed E-state index contributed by atoms with van der Waals surface area (Å²) >= 11 is 0. The summed E-state index contributed by atoms with van der Waals surface area (Å²) in [7, 11) is 1.46. The molecule has 1 rings (SSSR count). The number of ether oxygens (including phenoxy) is 1. The lowest BCUT2D eigenvalue weighted by atomic mass is 10.0. The van der Waals surface area contributed by atoms with E-state index in [9.17, 15) is 8.42 Å². The Bertz CT molecular complexity index is 294. The second kappa shape index (κ2) is 3.60. The zero-order valence-electron chi connectivity index (χ0n) is 6.23. The highest BCUT2D eigenvalue weighted by Crippen LogP contribution is 2.23. The second-order valence-corrected chi connectivity index (χ2v) is 5.46. The van der Waals surface area contributed by atoms with Crippen LogP contribution < -0.4 is 0 Å². The first-order valence-electron chi connectivity index (χ1n) is 3.46. The highest BCUT2D eigenvalue weighted by atomic mass is 35.7. The van der Waals surface area contributed by atoms with Crippen molar-refractivity contribution in [1.29, 1.82) is 5.26 Å². The van der Waals surface area contributed by atoms with E-state index < -0.39 is 20.2 Å². The number of nitriles is 1. The summed E-state index contributed by atoms with van der Waals surface area (Å²) < 4.78 is 26.7. The minimum Gasteiger partial charge on any atom is -0.380 e. The van der Waals surface area contributed by atoms with Crippen molar-refractivity contribution in [3.05, 3.63) is 0 Å². The fourth-order valence-corrected chi connectivity index (χ4v) is 2.51. The van der Waals surface area contributed by atoms with Gasteiger partial charge in [0.25, 0.3) is 0 Å². The molecule has 0 aliphatic carbocycles. The molecule has 68 valence electrons. The first-order valence-corrected chi connectivity index (χ1v) is 5.84. The maximum absolute atomic E-state index is 10.9. The van der Waals surface area contributed by atoms with Crippen LogP contribution in [-0.4, -0.2) is 26.9 Å². The highest BCUT2D eigenvalue weighted by Gasteiger charge is 2.35. The van der Waals surface area contributed by atoms with Gasteiger partial charge in [-0.15, -0.1) is 0 Å². The minimum atomic E-state index is -3.66. The van der Waals surface area contributed by atoms with E-state index in [1.165, 1.54) is 0 Å². The number of nitrogens with zero attached hydrogens (tertiary/aromatic N) is 1. The van der Waals surface area contributed by atoms with Crippen molar-refractivity contribution in [2.45, 2.75) is 11.7 Å². The van der Waals surface area contributed by atoms with Crippen LogP contribution in [-0.2, 0) is 13.8 Å². The molecule has 0 spiro atoms. The Morgan fingerprint density at radius 3 is 2.67 bits per heavy atom. The minimum absolute atomic E-state index is 0.0318. The molecule has 0 aromatic heterocycles. The lowest BCUT2D eigenvalue weighted by Crippen LogP contribution is -2.35. The molecule has 1 saturated heterocycles. The Hall–Kier alpha value is -0.310. The van der Waals surface area contributed by atoms with Crippen molar-refractivity contribution in [1.82, 2.24) is 0 Å². The summed E-state index contributed by atoms with van der Waals surface area (Å²) in [4.78, 5) is 0. The van der Waals surface area contributed by atoms with Gasteiger partial charge in [-0.25, -0.2) is 8.42 Å². The van der Waals surface area contributed by atoms with Gasteiger partial charge in [-0.2, -0.15) is 5.26 Å². The second-order valence-electron chi connectivity index (χ2n) is 2.61. The topological polar surface area (TPSA) is 67.2 Å². The fourth-order valence-electron chi connectivity index (χ4n) is 1.14. The van der Waals surface area contributed by atoms with Crippen LogP contribution in [0.5, 0.6) is 0 Å². The quantitative estimate of drug-likeness (QED) is 0.590. The van der Waals surface area contributed by atoms with Crippen molar-refractivity contribution in [3.8, 4) is 6.07 Å². The summed E-state index contributed by atoms with van der Waals surface area (Å²) in [6, 6.07) is 1.92. The van der Waals surface area contributed by atoms with Crippen LogP contribution in [0.4, 0.5) is 0 Å². The van der Waals surface area contributed by atoms with Gasteiger partial charge < -0.3 is 4.74 Å². The molecular formula is C6H8ClNO3S. The maximum Gasteiger partial charge on any atom is 0.239 e. The summed E-state index contributed by atoms with van der Waals surface area (Å²) in [5.74, 6) is -0.527. The van der Waals surface area contributed by atoms with Crippen LogP contribution in [0, 0.1) is 17.2 Å². The molecular weight excluding hydrogens is 202 g/mol. The van der Waals surface area contributed by atoms with E-state index in [2.05, 4.69) is 0 Å². The molecule has 1 fully saturated rings. The first kappa shape index (κ1) is 9.78. The fraction of sp³-hybridized carbons (Fsp3) is 0.833. The molecule has 0 aromatic rings. The molecule has 0 saturated carbocycles. The summed E-state index contributed by atoms with van der Waals surface area (Å²) in [5.41, 5.74) is 0. The van der Waals surface area contributed by atoms with Gasteiger partial charge in [-0.3, -0.25) is 0 Å². The SMILES string of the molecule is N#C[C@H]1CCOC[C@H]1S(=O)(=O)Cl. The third-order valence-corrected chi connectivity index (χ3v) is 3.71. The van der Waals surface area contributed by atoms with Gasteiger partial charge in [0.15, 0.2) is 0 Å². The summed E-state index contributed by atoms with van der Waals surface area (Å²) in [5, 5.41) is 7.73. The molecule has 1 aliphatic heterocycles. The highest BCUT2D eigenvalue weighted by molar-refractivity contribution is 8.14. The third kappa shape index (κ3) is 2.09. The smallest absolute Gasteiger partial charge is 0.239 e. The van der Waals surface area contributed by atoms with Crippen LogP contribution in [0.25, 0.3) is 0 Å². The Kier molecular flexibility index (Phi) is 2.94. The van der Waals surface area contributed by atoms with Crippen LogP contribution >= 0.6 is 10.7 Å². The first-order chi connectivity index (χ1) is 5.55. The normalized spacial score (nSPS) is 31.0. The summed E-state index contributed by atoms with van der Waals surface area (Å²) in [6.45, 7) is 0.463. The zero-order valence-corrected chi connectivity index (χ0v) is 7.81. The third-order valence-electron chi connectivity index (χ3n) is 1.83. The number of hydrogen-bond donors (Lipinski definition) is 0. The molecule has 0 bridgehead atoms. The lowest BCUT2D eigenvalue weighted by Gasteiger charge is -2.23. The molecule has 0 N–H and O–H groups in total. The van der Waals surface area contributed by atoms with E-state index in [1.807, 2.05) is 6.07 Å². The van der Waals surface area contributed by atoms with E-state index in [-0.39, 0.29) is 6.61 Å². The van der Waals surface area contributed by atoms with Gasteiger partial charge in [-0.1, -0.05) is 0 Å². The largest absolute Gasteiger partial charge is 0.380 e. The predicted octanol–water partition coefficient (Wildman–Crippen LogP) is 0.484. The van der Waals surface area contributed by atoms with Gasteiger partial charge in [0, 0.05) is 17.3 Å². The van der Waals surface area contributed by atoms with E-state index in [1.54, 1.807) is 0 Å². The number of halogens is 1. The molecule has 1 heterocycles. The van der Waals surface area contributed by atoms with E-state index >= 15 is 0 Å². The molecule has 0 aromatic carbocycles.